The highest BCUT2D eigenvalue weighted by molar-refractivity contribution is 5.69. The highest BCUT2D eigenvalue weighted by Crippen LogP contribution is 2.42. The molecular formula is C26H39NO5. The zero-order valence-electron chi connectivity index (χ0n) is 20.0. The van der Waals surface area contributed by atoms with Crippen molar-refractivity contribution >= 4 is 6.09 Å². The van der Waals surface area contributed by atoms with Crippen LogP contribution in [0.1, 0.15) is 78.2 Å². The van der Waals surface area contributed by atoms with Gasteiger partial charge in [-0.1, -0.05) is 62.4 Å². The normalized spacial score (nSPS) is 29.9. The fraction of sp³-hybridized carbons (Fsp3) is 0.731. The van der Waals surface area contributed by atoms with Gasteiger partial charge in [-0.2, -0.15) is 0 Å². The van der Waals surface area contributed by atoms with Gasteiger partial charge >= 0.3 is 6.09 Å². The molecule has 6 nitrogen and oxygen atoms in total. The highest BCUT2D eigenvalue weighted by atomic mass is 16.7. The third kappa shape index (κ3) is 5.29. The summed E-state index contributed by atoms with van der Waals surface area (Å²) in [5.74, 6) is 0.618. The number of carbonyl (C=O) groups is 1. The maximum absolute atomic E-state index is 13.4. The molecule has 1 amide bonds. The van der Waals surface area contributed by atoms with Crippen molar-refractivity contribution in [2.75, 3.05) is 6.79 Å². The minimum atomic E-state index is -0.735. The monoisotopic (exact) mass is 445 g/mol. The van der Waals surface area contributed by atoms with E-state index in [9.17, 15) is 4.79 Å². The molecule has 0 spiro atoms. The molecule has 4 rings (SSSR count). The zero-order valence-corrected chi connectivity index (χ0v) is 20.0. The predicted molar refractivity (Wildman–Crippen MR) is 122 cm³/mol. The Labute approximate surface area is 192 Å². The first-order valence-corrected chi connectivity index (χ1v) is 12.2. The van der Waals surface area contributed by atoms with E-state index in [1.54, 1.807) is 0 Å². The summed E-state index contributed by atoms with van der Waals surface area (Å²) in [5, 5.41) is 0. The maximum atomic E-state index is 13.4. The molecule has 6 heteroatoms. The van der Waals surface area contributed by atoms with E-state index in [-0.39, 0.29) is 36.6 Å². The van der Waals surface area contributed by atoms with Gasteiger partial charge < -0.3 is 18.9 Å². The smallest absolute Gasteiger partial charge is 0.412 e. The molecule has 1 aromatic rings. The first kappa shape index (κ1) is 23.5. The lowest BCUT2D eigenvalue weighted by Gasteiger charge is -2.35. The Balaban J connectivity index is 1.51. The van der Waals surface area contributed by atoms with E-state index >= 15 is 0 Å². The number of ether oxygens (including phenoxy) is 4. The van der Waals surface area contributed by atoms with Crippen molar-refractivity contribution < 1.29 is 23.7 Å². The number of rotatable bonds is 6. The molecule has 178 valence electrons. The molecular weight excluding hydrogens is 406 g/mol. The second-order valence-electron chi connectivity index (χ2n) is 10.6. The van der Waals surface area contributed by atoms with Crippen LogP contribution >= 0.6 is 0 Å². The summed E-state index contributed by atoms with van der Waals surface area (Å²) in [7, 11) is 0. The van der Waals surface area contributed by atoms with Crippen LogP contribution in [0.5, 0.6) is 0 Å². The van der Waals surface area contributed by atoms with E-state index in [1.165, 1.54) is 32.1 Å². The van der Waals surface area contributed by atoms with Crippen molar-refractivity contribution in [1.29, 1.82) is 0 Å². The van der Waals surface area contributed by atoms with Crippen LogP contribution < -0.4 is 0 Å². The van der Waals surface area contributed by atoms with E-state index in [4.69, 9.17) is 18.9 Å². The van der Waals surface area contributed by atoms with Gasteiger partial charge in [-0.25, -0.2) is 4.79 Å². The summed E-state index contributed by atoms with van der Waals surface area (Å²) in [5.41, 5.74) is -0.108. The first-order chi connectivity index (χ1) is 15.3. The number of hydrogen-bond acceptors (Lipinski definition) is 5. The minimum Gasteiger partial charge on any atom is -0.444 e. The third-order valence-corrected chi connectivity index (χ3v) is 7.40. The average molecular weight is 446 g/mol. The molecule has 0 bridgehead atoms. The molecule has 0 radical (unpaired) electrons. The van der Waals surface area contributed by atoms with Gasteiger partial charge in [0.2, 0.25) is 0 Å². The van der Waals surface area contributed by atoms with Gasteiger partial charge in [0.15, 0.2) is 0 Å². The van der Waals surface area contributed by atoms with Gasteiger partial charge in [-0.05, 0) is 45.6 Å². The molecule has 0 aromatic heterocycles. The summed E-state index contributed by atoms with van der Waals surface area (Å²) in [6, 6.07) is 9.79. The molecule has 3 fully saturated rings. The molecule has 2 heterocycles. The van der Waals surface area contributed by atoms with Crippen LogP contribution in [0.15, 0.2) is 30.3 Å². The Bertz CT molecular complexity index is 759. The molecule has 3 aliphatic rings. The molecule has 0 N–H and O–H groups in total. The molecule has 2 aliphatic heterocycles. The van der Waals surface area contributed by atoms with Gasteiger partial charge in [-0.15, -0.1) is 0 Å². The average Bonchev–Trinajstić information content (AvgIpc) is 3.22. The van der Waals surface area contributed by atoms with Crippen molar-refractivity contribution in [3.63, 3.8) is 0 Å². The molecule has 1 aromatic carbocycles. The summed E-state index contributed by atoms with van der Waals surface area (Å²) in [6.45, 7) is 8.65. The quantitative estimate of drug-likeness (QED) is 0.567. The van der Waals surface area contributed by atoms with E-state index in [0.29, 0.717) is 19.1 Å². The lowest BCUT2D eigenvalue weighted by atomic mass is 9.82. The third-order valence-electron chi connectivity index (χ3n) is 7.40. The van der Waals surface area contributed by atoms with Crippen molar-refractivity contribution in [3.05, 3.63) is 35.9 Å². The second kappa shape index (κ2) is 9.70. The van der Waals surface area contributed by atoms with Crippen molar-refractivity contribution in [2.45, 2.75) is 109 Å². The van der Waals surface area contributed by atoms with Crippen LogP contribution in [0, 0.1) is 5.92 Å². The van der Waals surface area contributed by atoms with Crippen LogP contribution in [0.3, 0.4) is 0 Å². The molecule has 1 aliphatic carbocycles. The summed E-state index contributed by atoms with van der Waals surface area (Å²) in [4.78, 5) is 15.2. The Morgan fingerprint density at radius 2 is 1.78 bits per heavy atom. The minimum absolute atomic E-state index is 0.0311. The van der Waals surface area contributed by atoms with Crippen molar-refractivity contribution in [2.24, 2.45) is 5.92 Å². The SMILES string of the molecule is CC1(C)OCO[C@@H]1C[C@@H]1OC(C)(C)N(C(=O)OCc2ccccc2)[C@H]1CC1CCCCC1. The number of amides is 1. The lowest BCUT2D eigenvalue weighted by molar-refractivity contribution is -0.0823. The largest absolute Gasteiger partial charge is 0.444 e. The van der Waals surface area contributed by atoms with Crippen LogP contribution in [-0.4, -0.2) is 47.4 Å². The molecule has 2 saturated heterocycles. The number of nitrogens with zero attached hydrogens (tertiary/aromatic N) is 1. The van der Waals surface area contributed by atoms with E-state index in [1.807, 2.05) is 49.1 Å². The summed E-state index contributed by atoms with van der Waals surface area (Å²) >= 11 is 0. The van der Waals surface area contributed by atoms with E-state index < -0.39 is 5.72 Å². The Morgan fingerprint density at radius 1 is 1.06 bits per heavy atom. The zero-order chi connectivity index (χ0) is 22.8. The fourth-order valence-electron chi connectivity index (χ4n) is 5.57. The van der Waals surface area contributed by atoms with Crippen LogP contribution in [0.25, 0.3) is 0 Å². The Kier molecular flexibility index (Phi) is 7.13. The number of hydrogen-bond donors (Lipinski definition) is 0. The maximum Gasteiger partial charge on any atom is 0.412 e. The first-order valence-electron chi connectivity index (χ1n) is 12.2. The molecule has 3 atom stereocenters. The van der Waals surface area contributed by atoms with Gasteiger partial charge in [0.25, 0.3) is 0 Å². The van der Waals surface area contributed by atoms with Gasteiger partial charge in [0.05, 0.1) is 23.9 Å². The lowest BCUT2D eigenvalue weighted by Crippen LogP contribution is -2.49. The van der Waals surface area contributed by atoms with Gasteiger partial charge in [0.1, 0.15) is 19.1 Å². The predicted octanol–water partition coefficient (Wildman–Crippen LogP) is 5.64. The van der Waals surface area contributed by atoms with Gasteiger partial charge in [-0.3, -0.25) is 4.90 Å². The number of carbonyl (C=O) groups excluding carboxylic acids is 1. The fourth-order valence-corrected chi connectivity index (χ4v) is 5.57. The van der Waals surface area contributed by atoms with Crippen molar-refractivity contribution in [1.82, 2.24) is 4.90 Å². The van der Waals surface area contributed by atoms with Crippen LogP contribution in [0.4, 0.5) is 4.79 Å². The van der Waals surface area contributed by atoms with E-state index in [2.05, 4.69) is 13.8 Å². The highest BCUT2D eigenvalue weighted by Gasteiger charge is 2.53. The topological polar surface area (TPSA) is 57.2 Å². The summed E-state index contributed by atoms with van der Waals surface area (Å²) in [6.07, 6.45) is 7.50. The van der Waals surface area contributed by atoms with Crippen LogP contribution in [-0.2, 0) is 25.6 Å². The summed E-state index contributed by atoms with van der Waals surface area (Å²) < 4.78 is 24.0. The number of benzene rings is 1. The molecule has 32 heavy (non-hydrogen) atoms. The molecule has 0 unspecified atom stereocenters. The Morgan fingerprint density at radius 3 is 2.44 bits per heavy atom. The van der Waals surface area contributed by atoms with Gasteiger partial charge in [0, 0.05) is 6.42 Å². The van der Waals surface area contributed by atoms with E-state index in [0.717, 1.165) is 12.0 Å². The van der Waals surface area contributed by atoms with Crippen LogP contribution in [0.2, 0.25) is 0 Å². The second-order valence-corrected chi connectivity index (χ2v) is 10.6. The standard InChI is InChI=1S/C26H39NO5/c1-25(2)23(30-18-31-25)16-22-21(15-19-11-7-5-8-12-19)27(26(3,4)32-22)24(28)29-17-20-13-9-6-10-14-20/h6,9-10,13-14,19,21-23H,5,7-8,11-12,15-18H2,1-4H3/t21-,22-,23+/m0/s1. The Hall–Kier alpha value is -1.63. The molecule has 1 saturated carbocycles. The van der Waals surface area contributed by atoms with Crippen molar-refractivity contribution in [3.8, 4) is 0 Å².